The second-order valence-corrected chi connectivity index (χ2v) is 18.6. The van der Waals surface area contributed by atoms with Crippen molar-refractivity contribution < 1.29 is 32.7 Å². The van der Waals surface area contributed by atoms with Crippen LogP contribution in [0.3, 0.4) is 0 Å². The third-order valence-corrected chi connectivity index (χ3v) is 13.8. The van der Waals surface area contributed by atoms with Crippen LogP contribution in [-0.2, 0) is 28.4 Å². The van der Waals surface area contributed by atoms with E-state index in [1.807, 2.05) is 29.1 Å². The zero-order valence-electron chi connectivity index (χ0n) is 35.1. The Morgan fingerprint density at radius 2 is 1.69 bits per heavy atom. The molecule has 2 aromatic carbocycles. The summed E-state index contributed by atoms with van der Waals surface area (Å²) >= 11 is 0. The van der Waals surface area contributed by atoms with E-state index in [1.54, 1.807) is 37.6 Å². The molecule has 4 N–H and O–H groups in total. The molecule has 0 radical (unpaired) electrons. The van der Waals surface area contributed by atoms with Gasteiger partial charge in [0.25, 0.3) is 5.91 Å². The fraction of sp³-hybridized carbons (Fsp3) is 0.511. The molecule has 2 saturated heterocycles. The quantitative estimate of drug-likeness (QED) is 0.119. The van der Waals surface area contributed by atoms with Crippen molar-refractivity contribution in [1.29, 1.82) is 0 Å². The number of aliphatic hydroxyl groups is 1. The Bertz CT molecular complexity index is 2620. The molecule has 1 spiro atoms. The number of imide groups is 1. The number of amides is 3. The van der Waals surface area contributed by atoms with Crippen molar-refractivity contribution in [1.82, 2.24) is 34.1 Å². The number of imidazole rings is 1. The molecule has 3 amide bonds. The van der Waals surface area contributed by atoms with Crippen LogP contribution in [0, 0.1) is 11.3 Å². The maximum Gasteiger partial charge on any atom is 0.433 e. The van der Waals surface area contributed by atoms with E-state index >= 15 is 0 Å². The second-order valence-electron chi connectivity index (χ2n) is 18.6. The van der Waals surface area contributed by atoms with E-state index in [-0.39, 0.29) is 35.4 Å². The van der Waals surface area contributed by atoms with Gasteiger partial charge in [0.15, 0.2) is 0 Å². The van der Waals surface area contributed by atoms with Crippen LogP contribution in [0.5, 0.6) is 0 Å². The van der Waals surface area contributed by atoms with Gasteiger partial charge in [0.1, 0.15) is 17.4 Å². The first-order valence-electron chi connectivity index (χ1n) is 21.6. The molecule has 4 aliphatic rings. The number of hydrogen-bond donors (Lipinski definition) is 4. The van der Waals surface area contributed by atoms with E-state index < -0.39 is 35.3 Å². The number of carbonyl (C=O) groups is 3. The molecular weight excluding hydrogens is 804 g/mol. The van der Waals surface area contributed by atoms with Gasteiger partial charge in [-0.15, -0.1) is 0 Å². The molecule has 62 heavy (non-hydrogen) atoms. The Labute approximate surface area is 355 Å². The van der Waals surface area contributed by atoms with Crippen LogP contribution in [0.1, 0.15) is 112 Å². The van der Waals surface area contributed by atoms with Crippen LogP contribution < -0.4 is 21.6 Å². The number of fused-ring (bicyclic) bond motifs is 2. The molecule has 9 rings (SSSR count). The molecule has 3 aromatic heterocycles. The molecule has 5 heterocycles. The van der Waals surface area contributed by atoms with Gasteiger partial charge in [-0.1, -0.05) is 12.1 Å². The maximum absolute atomic E-state index is 13.4. The highest BCUT2D eigenvalue weighted by molar-refractivity contribution is 6.04. The predicted octanol–water partition coefficient (Wildman–Crippen LogP) is 6.65. The summed E-state index contributed by atoms with van der Waals surface area (Å²) in [6, 6.07) is 12.1. The lowest BCUT2D eigenvalue weighted by molar-refractivity contribution is -0.141. The topological polar surface area (TPSA) is 168 Å². The molecule has 2 aliphatic carbocycles. The van der Waals surface area contributed by atoms with Gasteiger partial charge in [0.2, 0.25) is 11.8 Å². The number of alkyl halides is 3. The fourth-order valence-corrected chi connectivity index (χ4v) is 10.5. The molecule has 2 aliphatic heterocycles. The number of aryl methyl sites for hydroxylation is 1. The number of anilines is 2. The molecule has 14 nitrogen and oxygen atoms in total. The van der Waals surface area contributed by atoms with Gasteiger partial charge in [-0.2, -0.15) is 18.3 Å². The Balaban J connectivity index is 0.778. The van der Waals surface area contributed by atoms with Gasteiger partial charge in [-0.3, -0.25) is 33.5 Å². The van der Waals surface area contributed by atoms with Crippen molar-refractivity contribution in [2.45, 2.75) is 108 Å². The third-order valence-electron chi connectivity index (χ3n) is 13.8. The SMILES string of the molecule is Cn1c(=O)n(C2CCC(=O)NC2=O)c2cccc(NC3CC4(CCN(C[C@H]5CC[C@H](n6cc7cc(NC(=O)c8cccc(C(F)(F)F)n8)c(C(C)(C)O)cc7n6)CC5)CC4)C3)c21. The normalized spacial score (nSPS) is 22.5. The first-order valence-corrected chi connectivity index (χ1v) is 21.6. The Morgan fingerprint density at radius 1 is 0.968 bits per heavy atom. The number of nitrogens with zero attached hydrogens (tertiary/aromatic N) is 6. The number of pyridine rings is 1. The number of benzene rings is 2. The first-order chi connectivity index (χ1) is 29.4. The second kappa shape index (κ2) is 15.7. The van der Waals surface area contributed by atoms with E-state index in [2.05, 4.69) is 25.8 Å². The summed E-state index contributed by atoms with van der Waals surface area (Å²) in [6.07, 6.45) is 6.30. The molecule has 5 aromatic rings. The summed E-state index contributed by atoms with van der Waals surface area (Å²) < 4.78 is 44.9. The highest BCUT2D eigenvalue weighted by atomic mass is 19.4. The van der Waals surface area contributed by atoms with Crippen LogP contribution in [0.25, 0.3) is 21.9 Å². The number of nitrogens with one attached hydrogen (secondary N) is 3. The summed E-state index contributed by atoms with van der Waals surface area (Å²) in [6.45, 7) is 6.37. The monoisotopic (exact) mass is 855 g/mol. The number of carbonyl (C=O) groups excluding carboxylic acids is 3. The van der Waals surface area contributed by atoms with Crippen LogP contribution in [0.4, 0.5) is 24.5 Å². The lowest BCUT2D eigenvalue weighted by Gasteiger charge is -2.53. The number of aromatic nitrogens is 5. The van der Waals surface area contributed by atoms with E-state index in [1.165, 1.54) is 10.6 Å². The van der Waals surface area contributed by atoms with Gasteiger partial charge >= 0.3 is 11.9 Å². The molecule has 17 heteroatoms. The molecule has 4 fully saturated rings. The Hall–Kier alpha value is -5.55. The average Bonchev–Trinajstić information content (AvgIpc) is 3.75. The van der Waals surface area contributed by atoms with E-state index in [9.17, 15) is 37.5 Å². The summed E-state index contributed by atoms with van der Waals surface area (Å²) in [5.41, 5.74) is 0.774. The van der Waals surface area contributed by atoms with Crippen LogP contribution in [0.2, 0.25) is 0 Å². The molecule has 1 unspecified atom stereocenters. The van der Waals surface area contributed by atoms with Crippen molar-refractivity contribution in [3.8, 4) is 0 Å². The minimum absolute atomic E-state index is 0.199. The van der Waals surface area contributed by atoms with Gasteiger partial charge in [0.05, 0.1) is 33.9 Å². The minimum Gasteiger partial charge on any atom is -0.386 e. The number of halogens is 3. The van der Waals surface area contributed by atoms with E-state index in [0.29, 0.717) is 40.4 Å². The molecule has 1 atom stereocenters. The lowest BCUT2D eigenvalue weighted by Crippen LogP contribution is -2.52. The van der Waals surface area contributed by atoms with E-state index in [4.69, 9.17) is 5.10 Å². The zero-order chi connectivity index (χ0) is 43.7. The van der Waals surface area contributed by atoms with Crippen molar-refractivity contribution in [2.75, 3.05) is 30.3 Å². The standard InChI is InChI=1S/C45H52F3N9O5/c1-43(2,62)30-21-33-27(20-34(30)51-40(59)32-7-5-9-37(50-32)45(46,47)48)25-56(53-33)29-12-10-26(11-13-29)24-55-18-16-44(17-19-55)22-28(23-44)49-31-6-4-8-35-39(31)54(3)42(61)57(35)36-14-15-38(58)52-41(36)60/h4-9,20-21,25-26,28-29,36,49,62H,10-19,22-24H2,1-3H3,(H,51,59)(H,52,58,60)/t26-,29-,36?. The molecule has 0 bridgehead atoms. The van der Waals surface area contributed by atoms with Crippen LogP contribution >= 0.6 is 0 Å². The number of piperidine rings is 2. The zero-order valence-corrected chi connectivity index (χ0v) is 35.1. The number of para-hydroxylation sites is 1. The van der Waals surface area contributed by atoms with Gasteiger partial charge in [-0.25, -0.2) is 9.78 Å². The van der Waals surface area contributed by atoms with Crippen molar-refractivity contribution in [3.63, 3.8) is 0 Å². The smallest absolute Gasteiger partial charge is 0.386 e. The largest absolute Gasteiger partial charge is 0.433 e. The van der Waals surface area contributed by atoms with Crippen LogP contribution in [-0.4, -0.2) is 77.3 Å². The van der Waals surface area contributed by atoms with Gasteiger partial charge in [0, 0.05) is 48.9 Å². The Kier molecular flexibility index (Phi) is 10.6. The van der Waals surface area contributed by atoms with Gasteiger partial charge < -0.3 is 20.6 Å². The van der Waals surface area contributed by atoms with Crippen molar-refractivity contribution in [3.05, 3.63) is 82.2 Å². The lowest BCUT2D eigenvalue weighted by atomic mass is 9.60. The number of hydrogen-bond acceptors (Lipinski definition) is 9. The van der Waals surface area contributed by atoms with Crippen molar-refractivity contribution >= 4 is 51.0 Å². The van der Waals surface area contributed by atoms with Gasteiger partial charge in [-0.05, 0) is 132 Å². The van der Waals surface area contributed by atoms with Crippen LogP contribution in [0.15, 0.2) is 59.5 Å². The Morgan fingerprint density at radius 3 is 2.39 bits per heavy atom. The third kappa shape index (κ3) is 8.00. The van der Waals surface area contributed by atoms with Crippen molar-refractivity contribution in [2.24, 2.45) is 18.4 Å². The summed E-state index contributed by atoms with van der Waals surface area (Å²) in [4.78, 5) is 57.1. The number of likely N-dealkylation sites (tertiary alicyclic amines) is 1. The number of rotatable bonds is 9. The molecule has 2 saturated carbocycles. The maximum atomic E-state index is 13.4. The minimum atomic E-state index is -4.69. The van der Waals surface area contributed by atoms with E-state index in [0.717, 1.165) is 99.7 Å². The summed E-state index contributed by atoms with van der Waals surface area (Å²) in [7, 11) is 1.73. The summed E-state index contributed by atoms with van der Waals surface area (Å²) in [5.74, 6) is -0.975. The average molecular weight is 856 g/mol. The highest BCUT2D eigenvalue weighted by Crippen LogP contribution is 2.50. The fourth-order valence-electron chi connectivity index (χ4n) is 10.5. The highest BCUT2D eigenvalue weighted by Gasteiger charge is 2.46. The summed E-state index contributed by atoms with van der Waals surface area (Å²) in [5, 5.41) is 25.4. The predicted molar refractivity (Wildman–Crippen MR) is 227 cm³/mol. The molecule has 328 valence electrons. The molecular formula is C45H52F3N9O5. The first kappa shape index (κ1) is 41.8.